The molecular formula is C50H73NO14Si2. The highest BCUT2D eigenvalue weighted by Crippen LogP contribution is 2.65. The highest BCUT2D eigenvalue weighted by molar-refractivity contribution is 6.78. The van der Waals surface area contributed by atoms with Gasteiger partial charge in [0.15, 0.2) is 11.4 Å². The van der Waals surface area contributed by atoms with Gasteiger partial charge in [0.05, 0.1) is 41.6 Å². The van der Waals surface area contributed by atoms with Crippen LogP contribution in [0.4, 0.5) is 4.79 Å². The average molecular weight is 968 g/mol. The van der Waals surface area contributed by atoms with Crippen molar-refractivity contribution in [3.05, 3.63) is 82.9 Å². The Hall–Kier alpha value is -4.24. The summed E-state index contributed by atoms with van der Waals surface area (Å²) in [7, 11) is -6.49. The van der Waals surface area contributed by atoms with Crippen molar-refractivity contribution in [2.45, 2.75) is 170 Å². The average Bonchev–Trinajstić information content (AvgIpc) is 3.21. The number of alkyl carbamates (subject to hydrolysis) is 1. The first kappa shape index (κ1) is 53.7. The van der Waals surface area contributed by atoms with E-state index in [1.165, 1.54) is 6.92 Å². The second-order valence-electron chi connectivity index (χ2n) is 21.0. The number of carbonyl (C=O) groups is 5. The van der Waals surface area contributed by atoms with Crippen LogP contribution in [0.15, 0.2) is 71.8 Å². The molecule has 17 heteroatoms. The van der Waals surface area contributed by atoms with Crippen molar-refractivity contribution in [2.24, 2.45) is 22.7 Å². The Morgan fingerprint density at radius 2 is 1.46 bits per heavy atom. The van der Waals surface area contributed by atoms with Crippen LogP contribution in [0.1, 0.15) is 112 Å². The maximum absolute atomic E-state index is 16.2. The number of aliphatic hydroxyl groups is 1. The minimum absolute atomic E-state index is 0. The van der Waals surface area contributed by atoms with Gasteiger partial charge in [0, 0.05) is 25.2 Å². The second kappa shape index (κ2) is 18.6. The lowest BCUT2D eigenvalue weighted by Gasteiger charge is -2.68. The standard InChI is InChI=1S/C48H65NO14Si2.2CH4/c1-27-32(57-41(52)28(2)36(30-20-16-14-17-21-30)49-43(54)60-44(4,5)6)25-48(55)40(58-42(53)31-22-18-15-19-23-31)38-46(9)33(24-34-47(38,26-56-34)59-29(3)50)61-64(10,11)63-65(12,13)62-37(39(46)51)35(27)45(48,7)8;;/h14-23,28,32-34,36-38,40,55H,24-26H2,1-13H3,(H,49,54);2*1H4/t28-,32+,33+,34-,36-,37-,38+,40+,46-,47+,48-;;/m1../s1. The number of esters is 3. The molecule has 2 saturated heterocycles. The summed E-state index contributed by atoms with van der Waals surface area (Å²) in [5, 5.41) is 16.9. The molecule has 2 aliphatic heterocycles. The first-order valence-electron chi connectivity index (χ1n) is 22.4. The van der Waals surface area contributed by atoms with E-state index >= 15 is 4.79 Å². The Bertz CT molecular complexity index is 2240. The van der Waals surface area contributed by atoms with Crippen LogP contribution in [0.3, 0.4) is 0 Å². The second-order valence-corrected chi connectivity index (χ2v) is 27.9. The maximum atomic E-state index is 16.2. The lowest BCUT2D eigenvalue weighted by atomic mass is 9.44. The number of amides is 1. The van der Waals surface area contributed by atoms with E-state index in [9.17, 15) is 24.3 Å². The molecule has 2 N–H and O–H groups in total. The fraction of sp³-hybridized carbons (Fsp3) is 0.620. The molecule has 2 heterocycles. The van der Waals surface area contributed by atoms with E-state index in [0.29, 0.717) is 16.7 Å². The number of ketones is 1. The number of nitrogens with one attached hydrogen (secondary N) is 1. The fourth-order valence-corrected chi connectivity index (χ4v) is 18.2. The van der Waals surface area contributed by atoms with Crippen LogP contribution in [0.5, 0.6) is 0 Å². The van der Waals surface area contributed by atoms with Crippen molar-refractivity contribution < 1.29 is 65.7 Å². The van der Waals surface area contributed by atoms with Crippen molar-refractivity contribution in [3.8, 4) is 0 Å². The molecular weight excluding hydrogens is 895 g/mol. The zero-order chi connectivity index (χ0) is 47.9. The van der Waals surface area contributed by atoms with Gasteiger partial charge in [-0.15, -0.1) is 0 Å². The molecule has 370 valence electrons. The Labute approximate surface area is 398 Å². The van der Waals surface area contributed by atoms with Crippen LogP contribution in [0.2, 0.25) is 26.2 Å². The van der Waals surface area contributed by atoms with Gasteiger partial charge >= 0.3 is 41.1 Å². The van der Waals surface area contributed by atoms with E-state index in [-0.39, 0.29) is 39.9 Å². The maximum Gasteiger partial charge on any atom is 0.408 e. The third-order valence-corrected chi connectivity index (χ3v) is 19.7. The van der Waals surface area contributed by atoms with Crippen LogP contribution in [0.25, 0.3) is 0 Å². The minimum atomic E-state index is -3.32. The van der Waals surface area contributed by atoms with E-state index in [1.54, 1.807) is 110 Å². The molecule has 5 aliphatic rings. The van der Waals surface area contributed by atoms with Crippen LogP contribution in [-0.4, -0.2) is 106 Å². The fourth-order valence-electron chi connectivity index (χ4n) is 11.2. The Morgan fingerprint density at radius 1 is 0.881 bits per heavy atom. The van der Waals surface area contributed by atoms with Gasteiger partial charge in [-0.2, -0.15) is 0 Å². The number of benzene rings is 2. The zero-order valence-corrected chi connectivity index (χ0v) is 41.8. The number of hydrogen-bond donors (Lipinski definition) is 2. The van der Waals surface area contributed by atoms with Crippen LogP contribution in [0, 0.1) is 22.7 Å². The molecule has 0 spiro atoms. The zero-order valence-electron chi connectivity index (χ0n) is 39.8. The molecule has 0 unspecified atom stereocenters. The van der Waals surface area contributed by atoms with E-state index < -0.39 is 123 Å². The summed E-state index contributed by atoms with van der Waals surface area (Å²) in [5.41, 5.74) is -6.14. The van der Waals surface area contributed by atoms with E-state index in [1.807, 2.05) is 32.3 Å². The van der Waals surface area contributed by atoms with Crippen molar-refractivity contribution in [1.29, 1.82) is 0 Å². The number of fused-ring (bicyclic) bond motifs is 6. The van der Waals surface area contributed by atoms with E-state index in [0.717, 1.165) is 0 Å². The summed E-state index contributed by atoms with van der Waals surface area (Å²) >= 11 is 0. The molecule has 15 nitrogen and oxygen atoms in total. The SMILES string of the molecule is C.C.CC(=O)O[C@@]12CO[C@@H]1C[C@@H]1O[Si](C)(C)O[Si](C)(C)O[C@H]3C(=O)[C@@]1(C)[C@@H]2[C@H](OC(=O)c1ccccc1)[C@]1(O)C[C@H](OC(=O)[C@H](C)[C@@H](NC(=O)OC(C)(C)C)c2ccccc2)C(C)=C3C1(C)C. The number of Topliss-reactive ketones (excluding diaryl/α,β-unsaturated/α-hetero) is 1. The van der Waals surface area contributed by atoms with Crippen molar-refractivity contribution >= 4 is 46.9 Å². The summed E-state index contributed by atoms with van der Waals surface area (Å²) in [6.45, 7) is 22.4. The lowest BCUT2D eigenvalue weighted by molar-refractivity contribution is -0.344. The van der Waals surface area contributed by atoms with Crippen LogP contribution in [-0.2, 0) is 51.0 Å². The molecule has 2 aromatic carbocycles. The molecule has 3 aliphatic carbocycles. The summed E-state index contributed by atoms with van der Waals surface area (Å²) < 4.78 is 52.2. The van der Waals surface area contributed by atoms with Crippen molar-refractivity contribution in [3.63, 3.8) is 0 Å². The van der Waals surface area contributed by atoms with Gasteiger partial charge in [-0.1, -0.05) is 77.2 Å². The quantitative estimate of drug-likeness (QED) is 0.111. The highest BCUT2D eigenvalue weighted by atomic mass is 28.5. The topological polar surface area (TPSA) is 191 Å². The Balaban J connectivity index is 0.00000420. The highest BCUT2D eigenvalue weighted by Gasteiger charge is 2.79. The number of ether oxygens (including phenoxy) is 5. The molecule has 0 radical (unpaired) electrons. The summed E-state index contributed by atoms with van der Waals surface area (Å²) in [4.78, 5) is 72.1. The van der Waals surface area contributed by atoms with Crippen molar-refractivity contribution in [1.82, 2.24) is 5.32 Å². The summed E-state index contributed by atoms with van der Waals surface area (Å²) in [6.07, 6.45) is -6.94. The first-order chi connectivity index (χ1) is 30.1. The van der Waals surface area contributed by atoms with E-state index in [4.69, 9.17) is 36.7 Å². The molecule has 2 saturated carbocycles. The molecule has 67 heavy (non-hydrogen) atoms. The molecule has 4 fully saturated rings. The molecule has 1 amide bonds. The van der Waals surface area contributed by atoms with Gasteiger partial charge in [0.2, 0.25) is 0 Å². The van der Waals surface area contributed by atoms with Gasteiger partial charge in [-0.25, -0.2) is 9.59 Å². The predicted octanol–water partition coefficient (Wildman–Crippen LogP) is 8.29. The van der Waals surface area contributed by atoms with Gasteiger partial charge in [-0.3, -0.25) is 14.4 Å². The molecule has 11 atom stereocenters. The number of hydrogen-bond acceptors (Lipinski definition) is 14. The number of carbonyl (C=O) groups excluding carboxylic acids is 5. The molecule has 0 aromatic heterocycles. The predicted molar refractivity (Wildman–Crippen MR) is 254 cm³/mol. The number of rotatable bonds is 8. The lowest BCUT2D eigenvalue weighted by Crippen LogP contribution is -2.82. The smallest absolute Gasteiger partial charge is 0.408 e. The van der Waals surface area contributed by atoms with Gasteiger partial charge in [0.25, 0.3) is 0 Å². The largest absolute Gasteiger partial charge is 0.457 e. The first-order valence-corrected chi connectivity index (χ1v) is 28.1. The van der Waals surface area contributed by atoms with E-state index in [2.05, 4.69) is 5.32 Å². The van der Waals surface area contributed by atoms with Gasteiger partial charge in [-0.05, 0) is 96.6 Å². The van der Waals surface area contributed by atoms with Gasteiger partial charge < -0.3 is 47.1 Å². The van der Waals surface area contributed by atoms with Crippen molar-refractivity contribution in [2.75, 3.05) is 6.61 Å². The Kier molecular flexibility index (Phi) is 14.9. The summed E-state index contributed by atoms with van der Waals surface area (Å²) in [6, 6.07) is 16.3. The summed E-state index contributed by atoms with van der Waals surface area (Å²) in [5.74, 6) is -4.95. The normalized spacial score (nSPS) is 33.2. The third kappa shape index (κ3) is 9.58. The molecule has 2 aromatic rings. The minimum Gasteiger partial charge on any atom is -0.457 e. The van der Waals surface area contributed by atoms with Gasteiger partial charge in [0.1, 0.15) is 35.6 Å². The Morgan fingerprint density at radius 3 is 2.01 bits per heavy atom. The third-order valence-electron chi connectivity index (χ3n) is 14.1. The monoisotopic (exact) mass is 967 g/mol. The molecule has 7 rings (SSSR count). The molecule has 4 bridgehead atoms. The van der Waals surface area contributed by atoms with Crippen LogP contribution < -0.4 is 5.32 Å². The van der Waals surface area contributed by atoms with Crippen LogP contribution >= 0.6 is 0 Å².